The molecule has 1 aromatic heterocycles. The summed E-state index contributed by atoms with van der Waals surface area (Å²) in [6, 6.07) is 3.09. The molecule has 5 nitrogen and oxygen atoms in total. The quantitative estimate of drug-likeness (QED) is 0.835. The van der Waals surface area contributed by atoms with Crippen LogP contribution >= 0.6 is 0 Å². The molecule has 2 N–H and O–H groups in total. The van der Waals surface area contributed by atoms with Gasteiger partial charge < -0.3 is 10.4 Å². The third-order valence-electron chi connectivity index (χ3n) is 2.54. The minimum absolute atomic E-state index is 0.101. The number of aromatic nitrogens is 1. The number of hydrogen-bond donors (Lipinski definition) is 2. The summed E-state index contributed by atoms with van der Waals surface area (Å²) in [6.07, 6.45) is 1.57. The van der Waals surface area contributed by atoms with Crippen LogP contribution in [0.25, 0.3) is 0 Å². The number of amides is 1. The normalized spacial score (nSPS) is 12.2. The van der Waals surface area contributed by atoms with Crippen molar-refractivity contribution in [1.29, 1.82) is 0 Å². The molecule has 1 unspecified atom stereocenters. The van der Waals surface area contributed by atoms with E-state index in [0.29, 0.717) is 11.6 Å². The summed E-state index contributed by atoms with van der Waals surface area (Å²) in [4.78, 5) is 26.3. The lowest BCUT2D eigenvalue weighted by molar-refractivity contribution is -0.137. The van der Waals surface area contributed by atoms with E-state index in [1.54, 1.807) is 19.2 Å². The van der Waals surface area contributed by atoms with Crippen molar-refractivity contribution in [2.45, 2.75) is 39.2 Å². The van der Waals surface area contributed by atoms with Crippen LogP contribution in [0.5, 0.6) is 0 Å². The Balaban J connectivity index is 2.64. The zero-order valence-electron chi connectivity index (χ0n) is 10.8. The van der Waals surface area contributed by atoms with Gasteiger partial charge in [0.25, 0.3) is 5.91 Å². The van der Waals surface area contributed by atoms with Gasteiger partial charge in [0.15, 0.2) is 0 Å². The largest absolute Gasteiger partial charge is 0.481 e. The average molecular weight is 250 g/mol. The molecular weight excluding hydrogens is 232 g/mol. The van der Waals surface area contributed by atoms with E-state index >= 15 is 0 Å². The van der Waals surface area contributed by atoms with Crippen molar-refractivity contribution in [2.24, 2.45) is 0 Å². The first-order valence-electron chi connectivity index (χ1n) is 5.88. The van der Waals surface area contributed by atoms with Gasteiger partial charge in [-0.25, -0.2) is 0 Å². The molecule has 0 aliphatic carbocycles. The molecule has 0 saturated heterocycles. The van der Waals surface area contributed by atoms with Crippen LogP contribution < -0.4 is 5.32 Å². The van der Waals surface area contributed by atoms with Crippen molar-refractivity contribution in [3.05, 3.63) is 29.6 Å². The Hall–Kier alpha value is -1.91. The summed E-state index contributed by atoms with van der Waals surface area (Å²) in [5.41, 5.74) is 1.36. The Morgan fingerprint density at radius 1 is 1.33 bits per heavy atom. The third kappa shape index (κ3) is 4.16. The second kappa shape index (κ2) is 6.14. The van der Waals surface area contributed by atoms with Gasteiger partial charge in [0.2, 0.25) is 0 Å². The van der Waals surface area contributed by atoms with Crippen LogP contribution in [0.4, 0.5) is 0 Å². The Bertz CT molecular complexity index is 426. The second-order valence-corrected chi connectivity index (χ2v) is 4.60. The predicted molar refractivity (Wildman–Crippen MR) is 67.5 cm³/mol. The summed E-state index contributed by atoms with van der Waals surface area (Å²) in [5.74, 6) is -0.925. The summed E-state index contributed by atoms with van der Waals surface area (Å²) in [6.45, 7) is 5.74. The average Bonchev–Trinajstić information content (AvgIpc) is 2.27. The number of carboxylic acids is 1. The van der Waals surface area contributed by atoms with Crippen molar-refractivity contribution >= 4 is 11.9 Å². The van der Waals surface area contributed by atoms with Gasteiger partial charge in [-0.05, 0) is 24.5 Å². The second-order valence-electron chi connectivity index (χ2n) is 4.60. The van der Waals surface area contributed by atoms with Crippen LogP contribution in [0, 0.1) is 0 Å². The molecule has 1 aromatic rings. The highest BCUT2D eigenvalue weighted by molar-refractivity contribution is 5.92. The molecule has 0 bridgehead atoms. The van der Waals surface area contributed by atoms with Gasteiger partial charge in [0.05, 0.1) is 6.42 Å². The molecule has 0 spiro atoms. The van der Waals surface area contributed by atoms with Crippen molar-refractivity contribution < 1.29 is 14.7 Å². The van der Waals surface area contributed by atoms with E-state index in [9.17, 15) is 9.59 Å². The van der Waals surface area contributed by atoms with Crippen LogP contribution in [0.3, 0.4) is 0 Å². The van der Waals surface area contributed by atoms with E-state index in [1.807, 2.05) is 19.9 Å². The van der Waals surface area contributed by atoms with Gasteiger partial charge in [-0.3, -0.25) is 14.6 Å². The van der Waals surface area contributed by atoms with Crippen molar-refractivity contribution in [1.82, 2.24) is 10.3 Å². The monoisotopic (exact) mass is 250 g/mol. The van der Waals surface area contributed by atoms with Crippen LogP contribution in [-0.2, 0) is 4.79 Å². The lowest BCUT2D eigenvalue weighted by Crippen LogP contribution is -2.34. The SMILES string of the molecule is CC(CC(=O)O)NC(=O)c1ccc(C(C)C)cn1. The van der Waals surface area contributed by atoms with Gasteiger partial charge in [-0.15, -0.1) is 0 Å². The molecule has 98 valence electrons. The molecule has 0 aliphatic heterocycles. The summed E-state index contributed by atoms with van der Waals surface area (Å²) in [7, 11) is 0. The van der Waals surface area contributed by atoms with E-state index in [0.717, 1.165) is 5.56 Å². The Labute approximate surface area is 106 Å². The van der Waals surface area contributed by atoms with Gasteiger partial charge in [-0.1, -0.05) is 19.9 Å². The van der Waals surface area contributed by atoms with Crippen molar-refractivity contribution in [3.8, 4) is 0 Å². The zero-order valence-corrected chi connectivity index (χ0v) is 10.8. The number of nitrogens with zero attached hydrogens (tertiary/aromatic N) is 1. The number of carbonyl (C=O) groups excluding carboxylic acids is 1. The van der Waals surface area contributed by atoms with Gasteiger partial charge in [0.1, 0.15) is 5.69 Å². The van der Waals surface area contributed by atoms with Crippen molar-refractivity contribution in [3.63, 3.8) is 0 Å². The molecule has 1 atom stereocenters. The standard InChI is InChI=1S/C13H18N2O3/c1-8(2)10-4-5-11(14-7-10)13(18)15-9(3)6-12(16)17/h4-5,7-9H,6H2,1-3H3,(H,15,18)(H,16,17). The maximum Gasteiger partial charge on any atom is 0.305 e. The zero-order chi connectivity index (χ0) is 13.7. The lowest BCUT2D eigenvalue weighted by atomic mass is 10.1. The molecule has 1 rings (SSSR count). The number of pyridine rings is 1. The first-order chi connectivity index (χ1) is 8.40. The molecule has 0 saturated carbocycles. The van der Waals surface area contributed by atoms with Crippen LogP contribution in [0.1, 0.15) is 49.2 Å². The Kier molecular flexibility index (Phi) is 4.83. The maximum atomic E-state index is 11.8. The van der Waals surface area contributed by atoms with Crippen LogP contribution in [-0.4, -0.2) is 28.0 Å². The molecule has 0 aromatic carbocycles. The predicted octanol–water partition coefficient (Wildman–Crippen LogP) is 1.80. The Morgan fingerprint density at radius 2 is 2.00 bits per heavy atom. The Morgan fingerprint density at radius 3 is 2.44 bits per heavy atom. The first-order valence-corrected chi connectivity index (χ1v) is 5.88. The minimum atomic E-state index is -0.939. The van der Waals surface area contributed by atoms with E-state index in [2.05, 4.69) is 10.3 Å². The topological polar surface area (TPSA) is 79.3 Å². The van der Waals surface area contributed by atoms with Crippen LogP contribution in [0.15, 0.2) is 18.3 Å². The van der Waals surface area contributed by atoms with Gasteiger partial charge in [-0.2, -0.15) is 0 Å². The molecule has 1 amide bonds. The molecule has 1 heterocycles. The fourth-order valence-electron chi connectivity index (χ4n) is 1.49. The number of rotatable bonds is 5. The number of carbonyl (C=O) groups is 2. The number of carboxylic acid groups (broad SMARTS) is 1. The number of aliphatic carboxylic acids is 1. The van der Waals surface area contributed by atoms with Gasteiger partial charge >= 0.3 is 5.97 Å². The highest BCUT2D eigenvalue weighted by Gasteiger charge is 2.13. The number of hydrogen-bond acceptors (Lipinski definition) is 3. The number of nitrogens with one attached hydrogen (secondary N) is 1. The van der Waals surface area contributed by atoms with Crippen LogP contribution in [0.2, 0.25) is 0 Å². The summed E-state index contributed by atoms with van der Waals surface area (Å²) < 4.78 is 0. The van der Waals surface area contributed by atoms with E-state index in [1.165, 1.54) is 0 Å². The third-order valence-corrected chi connectivity index (χ3v) is 2.54. The molecular formula is C13H18N2O3. The van der Waals surface area contributed by atoms with Crippen molar-refractivity contribution in [2.75, 3.05) is 0 Å². The molecule has 0 aliphatic rings. The molecule has 0 fully saturated rings. The fraction of sp³-hybridized carbons (Fsp3) is 0.462. The summed E-state index contributed by atoms with van der Waals surface area (Å²) >= 11 is 0. The lowest BCUT2D eigenvalue weighted by Gasteiger charge is -2.11. The molecule has 18 heavy (non-hydrogen) atoms. The van der Waals surface area contributed by atoms with Gasteiger partial charge in [0, 0.05) is 12.2 Å². The smallest absolute Gasteiger partial charge is 0.305 e. The minimum Gasteiger partial charge on any atom is -0.481 e. The highest BCUT2D eigenvalue weighted by Crippen LogP contribution is 2.12. The molecule has 0 radical (unpaired) electrons. The van der Waals surface area contributed by atoms with E-state index in [-0.39, 0.29) is 12.3 Å². The maximum absolute atomic E-state index is 11.8. The first kappa shape index (κ1) is 14.2. The fourth-order valence-corrected chi connectivity index (χ4v) is 1.49. The van der Waals surface area contributed by atoms with E-state index < -0.39 is 12.0 Å². The molecule has 5 heteroatoms. The highest BCUT2D eigenvalue weighted by atomic mass is 16.4. The van der Waals surface area contributed by atoms with E-state index in [4.69, 9.17) is 5.11 Å². The summed E-state index contributed by atoms with van der Waals surface area (Å²) in [5, 5.41) is 11.2.